The Bertz CT molecular complexity index is 855. The van der Waals surface area contributed by atoms with E-state index in [1.807, 2.05) is 18.2 Å². The Morgan fingerprint density at radius 3 is 2.59 bits per heavy atom. The van der Waals surface area contributed by atoms with E-state index >= 15 is 0 Å². The lowest BCUT2D eigenvalue weighted by Gasteiger charge is -2.08. The van der Waals surface area contributed by atoms with Crippen molar-refractivity contribution in [2.45, 2.75) is 0 Å². The molecule has 0 saturated carbocycles. The van der Waals surface area contributed by atoms with Gasteiger partial charge in [0.05, 0.1) is 12.8 Å². The smallest absolute Gasteiger partial charge is 0.329 e. The van der Waals surface area contributed by atoms with Crippen molar-refractivity contribution in [3.63, 3.8) is 0 Å². The summed E-state index contributed by atoms with van der Waals surface area (Å²) in [5, 5.41) is 8.83. The molecule has 152 valence electrons. The molecule has 0 bridgehead atoms. The van der Waals surface area contributed by atoms with E-state index < -0.39 is 11.8 Å². The van der Waals surface area contributed by atoms with Gasteiger partial charge in [0.25, 0.3) is 5.91 Å². The second-order valence-corrected chi connectivity index (χ2v) is 5.72. The number of methoxy groups -OCH3 is 1. The highest BCUT2D eigenvalue weighted by molar-refractivity contribution is 6.35. The average Bonchev–Trinajstić information content (AvgIpc) is 2.73. The number of amides is 3. The SMILES string of the molecule is COCCNC(=O)C(=O)N/N=C\c1cccc(OCC(=O)Nc2ccccc2)c1. The van der Waals surface area contributed by atoms with Crippen molar-refractivity contribution in [3.05, 3.63) is 60.2 Å². The summed E-state index contributed by atoms with van der Waals surface area (Å²) < 4.78 is 10.2. The highest BCUT2D eigenvalue weighted by Crippen LogP contribution is 2.12. The monoisotopic (exact) mass is 398 g/mol. The largest absolute Gasteiger partial charge is 0.484 e. The normalized spacial score (nSPS) is 10.4. The lowest BCUT2D eigenvalue weighted by Crippen LogP contribution is -2.39. The van der Waals surface area contributed by atoms with Crippen LogP contribution in [0, 0.1) is 0 Å². The number of rotatable bonds is 9. The molecular weight excluding hydrogens is 376 g/mol. The molecule has 29 heavy (non-hydrogen) atoms. The van der Waals surface area contributed by atoms with Gasteiger partial charge in [-0.05, 0) is 29.8 Å². The van der Waals surface area contributed by atoms with E-state index in [-0.39, 0.29) is 19.1 Å². The zero-order chi connectivity index (χ0) is 20.9. The first-order valence-electron chi connectivity index (χ1n) is 8.76. The predicted octanol–water partition coefficient (Wildman–Crippen LogP) is 0.917. The zero-order valence-corrected chi connectivity index (χ0v) is 15.9. The summed E-state index contributed by atoms with van der Waals surface area (Å²) in [6.45, 7) is 0.371. The maximum atomic E-state index is 11.9. The summed E-state index contributed by atoms with van der Waals surface area (Å²) in [4.78, 5) is 35.0. The Hall–Kier alpha value is -3.72. The minimum Gasteiger partial charge on any atom is -0.484 e. The number of nitrogens with one attached hydrogen (secondary N) is 3. The molecule has 0 aliphatic carbocycles. The molecule has 9 heteroatoms. The lowest BCUT2D eigenvalue weighted by molar-refractivity contribution is -0.139. The molecule has 0 spiro atoms. The van der Waals surface area contributed by atoms with Gasteiger partial charge in [-0.25, -0.2) is 5.43 Å². The fourth-order valence-corrected chi connectivity index (χ4v) is 2.12. The van der Waals surface area contributed by atoms with Gasteiger partial charge in [0.1, 0.15) is 5.75 Å². The molecular formula is C20H22N4O5. The molecule has 9 nitrogen and oxygen atoms in total. The molecule has 0 saturated heterocycles. The molecule has 0 aliphatic rings. The van der Waals surface area contributed by atoms with Crippen molar-refractivity contribution in [1.29, 1.82) is 0 Å². The lowest BCUT2D eigenvalue weighted by atomic mass is 10.2. The fourth-order valence-electron chi connectivity index (χ4n) is 2.12. The van der Waals surface area contributed by atoms with Gasteiger partial charge >= 0.3 is 11.8 Å². The Balaban J connectivity index is 1.79. The number of anilines is 1. The minimum absolute atomic E-state index is 0.159. The summed E-state index contributed by atoms with van der Waals surface area (Å²) in [7, 11) is 1.49. The molecule has 3 N–H and O–H groups in total. The number of carbonyl (C=O) groups is 3. The van der Waals surface area contributed by atoms with Crippen molar-refractivity contribution < 1.29 is 23.9 Å². The van der Waals surface area contributed by atoms with E-state index in [2.05, 4.69) is 21.2 Å². The number of para-hydroxylation sites is 1. The molecule has 0 atom stereocenters. The summed E-state index contributed by atoms with van der Waals surface area (Å²) in [5.41, 5.74) is 3.43. The van der Waals surface area contributed by atoms with Crippen LogP contribution in [0.2, 0.25) is 0 Å². The standard InChI is InChI=1S/C20H22N4O5/c1-28-11-10-21-19(26)20(27)24-22-13-15-6-5-9-17(12-15)29-14-18(25)23-16-7-3-2-4-8-16/h2-9,12-13H,10-11,14H2,1H3,(H,21,26)(H,23,25)(H,24,27)/b22-13-. The van der Waals surface area contributed by atoms with Crippen LogP contribution in [0.1, 0.15) is 5.56 Å². The van der Waals surface area contributed by atoms with Gasteiger partial charge in [0, 0.05) is 19.3 Å². The van der Waals surface area contributed by atoms with Gasteiger partial charge in [-0.1, -0.05) is 30.3 Å². The van der Waals surface area contributed by atoms with Gasteiger partial charge in [-0.2, -0.15) is 5.10 Å². The number of hydrogen-bond acceptors (Lipinski definition) is 6. The van der Waals surface area contributed by atoms with Crippen molar-refractivity contribution in [2.24, 2.45) is 5.10 Å². The van der Waals surface area contributed by atoms with Gasteiger partial charge in [0.15, 0.2) is 6.61 Å². The first-order chi connectivity index (χ1) is 14.1. The molecule has 0 unspecified atom stereocenters. The molecule has 2 rings (SSSR count). The van der Waals surface area contributed by atoms with Crippen LogP contribution in [0.4, 0.5) is 5.69 Å². The van der Waals surface area contributed by atoms with E-state index in [4.69, 9.17) is 9.47 Å². The number of hydrogen-bond donors (Lipinski definition) is 3. The van der Waals surface area contributed by atoms with Crippen LogP contribution in [0.3, 0.4) is 0 Å². The number of benzene rings is 2. The molecule has 0 aliphatic heterocycles. The predicted molar refractivity (Wildman–Crippen MR) is 108 cm³/mol. The molecule has 0 heterocycles. The molecule has 0 radical (unpaired) electrons. The Kier molecular flexibility index (Phi) is 8.84. The van der Waals surface area contributed by atoms with Crippen LogP contribution in [0.25, 0.3) is 0 Å². The second kappa shape index (κ2) is 11.9. The van der Waals surface area contributed by atoms with Crippen molar-refractivity contribution in [1.82, 2.24) is 10.7 Å². The summed E-state index contributed by atoms with van der Waals surface area (Å²) in [5.74, 6) is -1.52. The van der Waals surface area contributed by atoms with E-state index in [9.17, 15) is 14.4 Å². The van der Waals surface area contributed by atoms with Gasteiger partial charge in [0.2, 0.25) is 0 Å². The van der Waals surface area contributed by atoms with Crippen molar-refractivity contribution in [3.8, 4) is 5.75 Å². The second-order valence-electron chi connectivity index (χ2n) is 5.72. The van der Waals surface area contributed by atoms with Crippen LogP contribution in [0.5, 0.6) is 5.75 Å². The van der Waals surface area contributed by atoms with Crippen molar-refractivity contribution in [2.75, 3.05) is 32.2 Å². The van der Waals surface area contributed by atoms with Gasteiger partial charge in [-0.15, -0.1) is 0 Å². The molecule has 2 aromatic carbocycles. The maximum absolute atomic E-state index is 11.9. The summed E-state index contributed by atoms with van der Waals surface area (Å²) in [6.07, 6.45) is 1.36. The first kappa shape index (κ1) is 21.6. The fraction of sp³-hybridized carbons (Fsp3) is 0.200. The maximum Gasteiger partial charge on any atom is 0.329 e. The van der Waals surface area contributed by atoms with Crippen LogP contribution in [0.15, 0.2) is 59.7 Å². The number of hydrazone groups is 1. The molecule has 0 fully saturated rings. The third kappa shape index (κ3) is 8.22. The van der Waals surface area contributed by atoms with Crippen LogP contribution >= 0.6 is 0 Å². The number of ether oxygens (including phenoxy) is 2. The Morgan fingerprint density at radius 1 is 1.03 bits per heavy atom. The Labute approximate surface area is 168 Å². The van der Waals surface area contributed by atoms with E-state index in [0.717, 1.165) is 0 Å². The number of carbonyl (C=O) groups excluding carboxylic acids is 3. The quantitative estimate of drug-likeness (QED) is 0.251. The highest BCUT2D eigenvalue weighted by atomic mass is 16.5. The third-order valence-electron chi connectivity index (χ3n) is 3.46. The molecule has 0 aromatic heterocycles. The van der Waals surface area contributed by atoms with Gasteiger partial charge in [-0.3, -0.25) is 14.4 Å². The number of nitrogens with zero attached hydrogens (tertiary/aromatic N) is 1. The minimum atomic E-state index is -0.887. The van der Waals surface area contributed by atoms with E-state index in [0.29, 0.717) is 23.6 Å². The third-order valence-corrected chi connectivity index (χ3v) is 3.46. The van der Waals surface area contributed by atoms with Gasteiger partial charge < -0.3 is 20.1 Å². The zero-order valence-electron chi connectivity index (χ0n) is 15.9. The van der Waals surface area contributed by atoms with Crippen LogP contribution in [-0.4, -0.2) is 50.8 Å². The first-order valence-corrected chi connectivity index (χ1v) is 8.76. The van der Waals surface area contributed by atoms with Crippen molar-refractivity contribution >= 4 is 29.6 Å². The van der Waals surface area contributed by atoms with E-state index in [1.54, 1.807) is 36.4 Å². The van der Waals surface area contributed by atoms with Crippen LogP contribution in [-0.2, 0) is 19.1 Å². The molecule has 3 amide bonds. The highest BCUT2D eigenvalue weighted by Gasteiger charge is 2.11. The summed E-state index contributed by atoms with van der Waals surface area (Å²) >= 11 is 0. The van der Waals surface area contributed by atoms with E-state index in [1.165, 1.54) is 13.3 Å². The summed E-state index contributed by atoms with van der Waals surface area (Å²) in [6, 6.07) is 15.8. The topological polar surface area (TPSA) is 118 Å². The molecule has 2 aromatic rings. The average molecular weight is 398 g/mol. The Morgan fingerprint density at radius 2 is 1.83 bits per heavy atom. The van der Waals surface area contributed by atoms with Crippen LogP contribution < -0.4 is 20.8 Å².